The third-order valence-electron chi connectivity index (χ3n) is 7.90. The molecule has 0 radical (unpaired) electrons. The lowest BCUT2D eigenvalue weighted by Crippen LogP contribution is -2.51. The van der Waals surface area contributed by atoms with Gasteiger partial charge in [-0.05, 0) is 62.2 Å². The first kappa shape index (κ1) is 15.4. The monoisotopic (exact) mass is 312 g/mol. The number of allylic oxidation sites excluding steroid dienone is 4. The summed E-state index contributed by atoms with van der Waals surface area (Å²) in [4.78, 5) is 24.0. The fourth-order valence-corrected chi connectivity index (χ4v) is 6.55. The SMILES string of the molecule is CC(=O)C1=CC=C2[C@@H]3CCC4CC(=O)CC[C@@]4(C)[C@H]3CC[C@]12C. The second-order valence-electron chi connectivity index (χ2n) is 8.87. The van der Waals surface area contributed by atoms with Gasteiger partial charge in [0, 0.05) is 23.8 Å². The molecule has 0 aromatic heterocycles. The van der Waals surface area contributed by atoms with Crippen LogP contribution in [-0.2, 0) is 9.59 Å². The molecule has 4 aliphatic rings. The van der Waals surface area contributed by atoms with Crippen LogP contribution < -0.4 is 0 Å². The van der Waals surface area contributed by atoms with Gasteiger partial charge in [-0.3, -0.25) is 9.59 Å². The predicted molar refractivity (Wildman–Crippen MR) is 90.9 cm³/mol. The van der Waals surface area contributed by atoms with E-state index in [2.05, 4.69) is 26.0 Å². The number of Topliss-reactive ketones (excluding diaryl/α,β-unsaturated/α-hetero) is 2. The Balaban J connectivity index is 1.66. The average Bonchev–Trinajstić information content (AvgIpc) is 2.85. The molecule has 2 nitrogen and oxygen atoms in total. The van der Waals surface area contributed by atoms with Gasteiger partial charge in [-0.1, -0.05) is 31.6 Å². The summed E-state index contributed by atoms with van der Waals surface area (Å²) in [6, 6.07) is 0. The Bertz CT molecular complexity index is 640. The Morgan fingerprint density at radius 1 is 1.13 bits per heavy atom. The van der Waals surface area contributed by atoms with Crippen LogP contribution in [0.3, 0.4) is 0 Å². The summed E-state index contributed by atoms with van der Waals surface area (Å²) in [5, 5.41) is 0. The molecule has 124 valence electrons. The largest absolute Gasteiger partial charge is 0.300 e. The summed E-state index contributed by atoms with van der Waals surface area (Å²) in [6.45, 7) is 6.46. The highest BCUT2D eigenvalue weighted by Crippen LogP contribution is 2.64. The maximum absolute atomic E-state index is 12.1. The number of carbonyl (C=O) groups is 2. The Morgan fingerprint density at radius 2 is 1.91 bits per heavy atom. The minimum atomic E-state index is -0.0132. The first-order valence-electron chi connectivity index (χ1n) is 9.32. The molecule has 2 heteroatoms. The highest BCUT2D eigenvalue weighted by molar-refractivity contribution is 5.96. The summed E-state index contributed by atoms with van der Waals surface area (Å²) >= 11 is 0. The van der Waals surface area contributed by atoms with Crippen LogP contribution in [-0.4, -0.2) is 11.6 Å². The number of rotatable bonds is 1. The minimum Gasteiger partial charge on any atom is -0.300 e. The molecule has 0 aromatic rings. The molecular formula is C21H28O2. The van der Waals surface area contributed by atoms with Crippen LogP contribution in [0.4, 0.5) is 0 Å². The van der Waals surface area contributed by atoms with Gasteiger partial charge in [-0.2, -0.15) is 0 Å². The summed E-state index contributed by atoms with van der Waals surface area (Å²) in [7, 11) is 0. The van der Waals surface area contributed by atoms with Crippen LogP contribution in [0.25, 0.3) is 0 Å². The number of carbonyl (C=O) groups excluding carboxylic acids is 2. The summed E-state index contributed by atoms with van der Waals surface area (Å²) < 4.78 is 0. The Morgan fingerprint density at radius 3 is 2.65 bits per heavy atom. The van der Waals surface area contributed by atoms with Crippen LogP contribution >= 0.6 is 0 Å². The van der Waals surface area contributed by atoms with Gasteiger partial charge < -0.3 is 0 Å². The van der Waals surface area contributed by atoms with E-state index < -0.39 is 0 Å². The summed E-state index contributed by atoms with van der Waals surface area (Å²) in [5.74, 6) is 2.63. The lowest BCUT2D eigenvalue weighted by Gasteiger charge is -2.58. The molecule has 0 bridgehead atoms. The standard InChI is InChI=1S/C21H28O2/c1-13(22)17-6-7-18-16-5-4-14-12-15(23)8-10-20(14,2)19(16)9-11-21(17,18)3/h6-7,14,16,19H,4-5,8-12H2,1-3H3/t14?,16-,19-,20+,21+/m0/s1. The Labute approximate surface area is 139 Å². The van der Waals surface area contributed by atoms with Crippen molar-refractivity contribution in [1.29, 1.82) is 0 Å². The third kappa shape index (κ3) is 1.99. The van der Waals surface area contributed by atoms with E-state index in [9.17, 15) is 9.59 Å². The molecule has 0 amide bonds. The van der Waals surface area contributed by atoms with Crippen LogP contribution in [0.15, 0.2) is 23.3 Å². The van der Waals surface area contributed by atoms with Crippen molar-refractivity contribution in [3.8, 4) is 0 Å². The van der Waals surface area contributed by atoms with Gasteiger partial charge in [0.2, 0.25) is 0 Å². The van der Waals surface area contributed by atoms with Crippen molar-refractivity contribution >= 4 is 11.6 Å². The molecule has 5 atom stereocenters. The van der Waals surface area contributed by atoms with Gasteiger partial charge in [-0.25, -0.2) is 0 Å². The first-order valence-corrected chi connectivity index (χ1v) is 9.32. The van der Waals surface area contributed by atoms with E-state index in [0.717, 1.165) is 31.3 Å². The molecule has 23 heavy (non-hydrogen) atoms. The van der Waals surface area contributed by atoms with Crippen molar-refractivity contribution in [1.82, 2.24) is 0 Å². The molecule has 4 rings (SSSR count). The van der Waals surface area contributed by atoms with Crippen molar-refractivity contribution in [2.24, 2.45) is 28.6 Å². The molecule has 0 aromatic carbocycles. The third-order valence-corrected chi connectivity index (χ3v) is 7.90. The van der Waals surface area contributed by atoms with E-state index in [1.54, 1.807) is 6.92 Å². The summed E-state index contributed by atoms with van der Waals surface area (Å²) in [6.07, 6.45) is 11.7. The van der Waals surface area contributed by atoms with Crippen molar-refractivity contribution in [3.05, 3.63) is 23.3 Å². The molecule has 3 fully saturated rings. The van der Waals surface area contributed by atoms with E-state index >= 15 is 0 Å². The quantitative estimate of drug-likeness (QED) is 0.706. The van der Waals surface area contributed by atoms with E-state index in [4.69, 9.17) is 0 Å². The Hall–Kier alpha value is -1.18. The van der Waals surface area contributed by atoms with Gasteiger partial charge >= 0.3 is 0 Å². The Kier molecular flexibility index (Phi) is 3.28. The number of hydrogen-bond donors (Lipinski definition) is 0. The normalized spacial score (nSPS) is 45.5. The summed E-state index contributed by atoms with van der Waals surface area (Å²) in [5.41, 5.74) is 2.87. The zero-order valence-corrected chi connectivity index (χ0v) is 14.7. The van der Waals surface area contributed by atoms with Crippen LogP contribution in [0.2, 0.25) is 0 Å². The van der Waals surface area contributed by atoms with Gasteiger partial charge in [-0.15, -0.1) is 0 Å². The van der Waals surface area contributed by atoms with E-state index in [1.807, 2.05) is 0 Å². The number of fused-ring (bicyclic) bond motifs is 5. The van der Waals surface area contributed by atoms with E-state index in [1.165, 1.54) is 24.8 Å². The molecule has 0 saturated heterocycles. The van der Waals surface area contributed by atoms with Gasteiger partial charge in [0.05, 0.1) is 0 Å². The van der Waals surface area contributed by atoms with Crippen molar-refractivity contribution in [2.45, 2.75) is 65.7 Å². The van der Waals surface area contributed by atoms with Crippen molar-refractivity contribution in [3.63, 3.8) is 0 Å². The minimum absolute atomic E-state index is 0.0132. The molecule has 0 aliphatic heterocycles. The molecule has 4 aliphatic carbocycles. The molecule has 3 saturated carbocycles. The van der Waals surface area contributed by atoms with E-state index in [0.29, 0.717) is 29.0 Å². The molecule has 0 N–H and O–H groups in total. The average molecular weight is 312 g/mol. The highest BCUT2D eigenvalue weighted by atomic mass is 16.1. The van der Waals surface area contributed by atoms with Crippen LogP contribution in [0.5, 0.6) is 0 Å². The number of hydrogen-bond acceptors (Lipinski definition) is 2. The second-order valence-corrected chi connectivity index (χ2v) is 8.87. The number of ketones is 2. The van der Waals surface area contributed by atoms with Gasteiger partial charge in [0.25, 0.3) is 0 Å². The molecule has 0 heterocycles. The predicted octanol–water partition coefficient (Wildman–Crippen LogP) is 4.64. The van der Waals surface area contributed by atoms with E-state index in [-0.39, 0.29) is 11.2 Å². The van der Waals surface area contributed by atoms with Crippen LogP contribution in [0, 0.1) is 28.6 Å². The fraction of sp³-hybridized carbons (Fsp3) is 0.714. The molecular weight excluding hydrogens is 284 g/mol. The van der Waals surface area contributed by atoms with Gasteiger partial charge in [0.15, 0.2) is 5.78 Å². The van der Waals surface area contributed by atoms with Crippen LogP contribution in [0.1, 0.15) is 65.7 Å². The van der Waals surface area contributed by atoms with Crippen molar-refractivity contribution < 1.29 is 9.59 Å². The lowest BCUT2D eigenvalue weighted by molar-refractivity contribution is -0.131. The molecule has 0 spiro atoms. The van der Waals surface area contributed by atoms with Crippen molar-refractivity contribution in [2.75, 3.05) is 0 Å². The smallest absolute Gasteiger partial charge is 0.156 e. The maximum atomic E-state index is 12.1. The fourth-order valence-electron chi connectivity index (χ4n) is 6.55. The highest BCUT2D eigenvalue weighted by Gasteiger charge is 2.56. The zero-order chi connectivity index (χ0) is 16.4. The maximum Gasteiger partial charge on any atom is 0.156 e. The lowest BCUT2D eigenvalue weighted by atomic mass is 9.46. The topological polar surface area (TPSA) is 34.1 Å². The molecule has 1 unspecified atom stereocenters. The van der Waals surface area contributed by atoms with Gasteiger partial charge in [0.1, 0.15) is 5.78 Å². The second kappa shape index (κ2) is 4.91. The first-order chi connectivity index (χ1) is 10.9. The zero-order valence-electron chi connectivity index (χ0n) is 14.7.